The summed E-state index contributed by atoms with van der Waals surface area (Å²) in [6.07, 6.45) is 0.969. The lowest BCUT2D eigenvalue weighted by Crippen LogP contribution is -2.51. The van der Waals surface area contributed by atoms with Crippen molar-refractivity contribution in [1.29, 1.82) is 0 Å². The third-order valence-corrected chi connectivity index (χ3v) is 5.93. The molecule has 30 heavy (non-hydrogen) atoms. The van der Waals surface area contributed by atoms with E-state index in [1.807, 2.05) is 42.5 Å². The number of hydrogen-bond acceptors (Lipinski definition) is 5. The van der Waals surface area contributed by atoms with Crippen LogP contribution in [0.5, 0.6) is 5.75 Å². The van der Waals surface area contributed by atoms with Crippen LogP contribution in [-0.2, 0) is 20.9 Å². The minimum Gasteiger partial charge on any atom is -0.475 e. The zero-order valence-electron chi connectivity index (χ0n) is 16.9. The van der Waals surface area contributed by atoms with E-state index in [1.165, 1.54) is 12.7 Å². The summed E-state index contributed by atoms with van der Waals surface area (Å²) in [5.74, 6) is -0.0485. The zero-order chi connectivity index (χ0) is 21.1. The number of fused-ring (bicyclic) bond motifs is 1. The SMILES string of the molecule is COC(=O)[C@H]1CN(C(=O)[C@@H]2CCCN(Cc3ccc(Cl)cc3)C2)c2ccccc2O1. The van der Waals surface area contributed by atoms with Crippen molar-refractivity contribution < 1.29 is 19.1 Å². The first-order valence-corrected chi connectivity index (χ1v) is 10.5. The van der Waals surface area contributed by atoms with E-state index in [-0.39, 0.29) is 18.4 Å². The number of para-hydroxylation sites is 2. The summed E-state index contributed by atoms with van der Waals surface area (Å²) in [7, 11) is 1.33. The molecule has 1 saturated heterocycles. The topological polar surface area (TPSA) is 59.1 Å². The molecule has 2 aliphatic heterocycles. The van der Waals surface area contributed by atoms with Gasteiger partial charge in [-0.1, -0.05) is 35.9 Å². The predicted molar refractivity (Wildman–Crippen MR) is 115 cm³/mol. The number of esters is 1. The summed E-state index contributed by atoms with van der Waals surface area (Å²) in [5.41, 5.74) is 1.88. The van der Waals surface area contributed by atoms with Crippen molar-refractivity contribution in [3.05, 3.63) is 59.1 Å². The average molecular weight is 429 g/mol. The molecule has 6 nitrogen and oxygen atoms in total. The Morgan fingerprint density at radius 1 is 1.13 bits per heavy atom. The van der Waals surface area contributed by atoms with Crippen molar-refractivity contribution in [2.75, 3.05) is 31.6 Å². The van der Waals surface area contributed by atoms with Crippen molar-refractivity contribution >= 4 is 29.2 Å². The van der Waals surface area contributed by atoms with E-state index in [9.17, 15) is 9.59 Å². The molecule has 1 fully saturated rings. The third kappa shape index (κ3) is 4.45. The monoisotopic (exact) mass is 428 g/mol. The van der Waals surface area contributed by atoms with Gasteiger partial charge in [-0.15, -0.1) is 0 Å². The molecule has 0 radical (unpaired) electrons. The van der Waals surface area contributed by atoms with Crippen LogP contribution in [0.25, 0.3) is 0 Å². The van der Waals surface area contributed by atoms with Crippen LogP contribution in [-0.4, -0.2) is 49.6 Å². The molecule has 0 N–H and O–H groups in total. The first kappa shape index (κ1) is 20.7. The molecule has 2 aromatic carbocycles. The van der Waals surface area contributed by atoms with Gasteiger partial charge in [-0.05, 0) is 49.2 Å². The quantitative estimate of drug-likeness (QED) is 0.697. The summed E-state index contributed by atoms with van der Waals surface area (Å²) in [4.78, 5) is 29.6. The smallest absolute Gasteiger partial charge is 0.348 e. The summed E-state index contributed by atoms with van der Waals surface area (Å²) < 4.78 is 10.6. The number of halogens is 1. The number of nitrogens with zero attached hydrogens (tertiary/aromatic N) is 2. The van der Waals surface area contributed by atoms with Gasteiger partial charge in [0.1, 0.15) is 5.75 Å². The van der Waals surface area contributed by atoms with E-state index in [2.05, 4.69) is 4.90 Å². The van der Waals surface area contributed by atoms with Gasteiger partial charge in [0.2, 0.25) is 12.0 Å². The Hall–Kier alpha value is -2.57. The fraction of sp³-hybridized carbons (Fsp3) is 0.391. The van der Waals surface area contributed by atoms with Crippen LogP contribution < -0.4 is 9.64 Å². The normalized spacial score (nSPS) is 21.5. The molecule has 0 bridgehead atoms. The molecule has 2 aromatic rings. The lowest BCUT2D eigenvalue weighted by atomic mass is 9.95. The number of benzene rings is 2. The summed E-state index contributed by atoms with van der Waals surface area (Å²) in [5, 5.41) is 0.719. The fourth-order valence-electron chi connectivity index (χ4n) is 4.17. The molecule has 0 spiro atoms. The molecule has 158 valence electrons. The van der Waals surface area contributed by atoms with Crippen molar-refractivity contribution in [3.8, 4) is 5.75 Å². The number of likely N-dealkylation sites (tertiary alicyclic amines) is 1. The standard InChI is InChI=1S/C23H25ClN2O4/c1-29-23(28)21-15-26(19-6-2-3-7-20(19)30-21)22(27)17-5-4-12-25(14-17)13-16-8-10-18(24)11-9-16/h2-3,6-11,17,21H,4-5,12-15H2,1H3/t17-,21-/m1/s1. The molecule has 0 aliphatic carbocycles. The van der Waals surface area contributed by atoms with Gasteiger partial charge in [-0.3, -0.25) is 9.69 Å². The molecule has 2 aliphatic rings. The Bertz CT molecular complexity index is 918. The van der Waals surface area contributed by atoms with Crippen LogP contribution >= 0.6 is 11.6 Å². The lowest BCUT2D eigenvalue weighted by Gasteiger charge is -2.38. The molecule has 0 saturated carbocycles. The summed E-state index contributed by atoms with van der Waals surface area (Å²) in [6, 6.07) is 15.2. The minimum absolute atomic E-state index is 0.0282. The number of amides is 1. The number of piperidine rings is 1. The van der Waals surface area contributed by atoms with Gasteiger partial charge in [0.05, 0.1) is 25.3 Å². The molecule has 0 aromatic heterocycles. The van der Waals surface area contributed by atoms with E-state index in [4.69, 9.17) is 21.1 Å². The number of methoxy groups -OCH3 is 1. The summed E-state index contributed by atoms with van der Waals surface area (Å²) in [6.45, 7) is 2.59. The van der Waals surface area contributed by atoms with Crippen LogP contribution in [0.15, 0.2) is 48.5 Å². The number of anilines is 1. The van der Waals surface area contributed by atoms with Crippen molar-refractivity contribution in [3.63, 3.8) is 0 Å². The Morgan fingerprint density at radius 3 is 2.67 bits per heavy atom. The molecular formula is C23H25ClN2O4. The predicted octanol–water partition coefficient (Wildman–Crippen LogP) is 3.52. The van der Waals surface area contributed by atoms with E-state index < -0.39 is 12.1 Å². The average Bonchev–Trinajstić information content (AvgIpc) is 2.79. The van der Waals surface area contributed by atoms with Crippen LogP contribution in [0.1, 0.15) is 18.4 Å². The van der Waals surface area contributed by atoms with Gasteiger partial charge >= 0.3 is 5.97 Å². The molecule has 4 rings (SSSR count). The number of carbonyl (C=O) groups excluding carboxylic acids is 2. The Kier molecular flexibility index (Phi) is 6.25. The van der Waals surface area contributed by atoms with Gasteiger partial charge in [-0.2, -0.15) is 0 Å². The van der Waals surface area contributed by atoms with E-state index >= 15 is 0 Å². The number of hydrogen-bond donors (Lipinski definition) is 0. The highest BCUT2D eigenvalue weighted by Gasteiger charge is 2.38. The third-order valence-electron chi connectivity index (χ3n) is 5.68. The first-order valence-electron chi connectivity index (χ1n) is 10.2. The van der Waals surface area contributed by atoms with Gasteiger partial charge in [0.25, 0.3) is 0 Å². The molecular weight excluding hydrogens is 404 g/mol. The molecule has 0 unspecified atom stereocenters. The Balaban J connectivity index is 1.49. The number of rotatable bonds is 4. The first-order chi connectivity index (χ1) is 14.5. The van der Waals surface area contributed by atoms with Crippen LogP contribution in [0.4, 0.5) is 5.69 Å². The number of carbonyl (C=O) groups is 2. The fourth-order valence-corrected chi connectivity index (χ4v) is 4.29. The van der Waals surface area contributed by atoms with Gasteiger partial charge in [-0.25, -0.2) is 4.79 Å². The maximum Gasteiger partial charge on any atom is 0.348 e. The van der Waals surface area contributed by atoms with Crippen LogP contribution in [0, 0.1) is 5.92 Å². The highest BCUT2D eigenvalue weighted by Crippen LogP contribution is 2.35. The van der Waals surface area contributed by atoms with Crippen molar-refractivity contribution in [1.82, 2.24) is 4.90 Å². The Morgan fingerprint density at radius 2 is 1.90 bits per heavy atom. The van der Waals surface area contributed by atoms with Crippen LogP contribution in [0.2, 0.25) is 5.02 Å². The zero-order valence-corrected chi connectivity index (χ0v) is 17.7. The molecule has 7 heteroatoms. The highest BCUT2D eigenvalue weighted by molar-refractivity contribution is 6.30. The molecule has 2 atom stereocenters. The van der Waals surface area contributed by atoms with Crippen LogP contribution in [0.3, 0.4) is 0 Å². The minimum atomic E-state index is -0.817. The van der Waals surface area contributed by atoms with Gasteiger partial charge in [0.15, 0.2) is 0 Å². The van der Waals surface area contributed by atoms with Crippen molar-refractivity contribution in [2.45, 2.75) is 25.5 Å². The summed E-state index contributed by atoms with van der Waals surface area (Å²) >= 11 is 5.98. The second-order valence-electron chi connectivity index (χ2n) is 7.75. The largest absolute Gasteiger partial charge is 0.475 e. The molecule has 1 amide bonds. The van der Waals surface area contributed by atoms with E-state index in [0.717, 1.165) is 31.0 Å². The lowest BCUT2D eigenvalue weighted by molar-refractivity contribution is -0.148. The van der Waals surface area contributed by atoms with E-state index in [1.54, 1.807) is 11.0 Å². The second kappa shape index (κ2) is 9.06. The van der Waals surface area contributed by atoms with E-state index in [0.29, 0.717) is 18.0 Å². The number of ether oxygens (including phenoxy) is 2. The Labute approximate surface area is 181 Å². The van der Waals surface area contributed by atoms with Gasteiger partial charge in [0, 0.05) is 18.1 Å². The van der Waals surface area contributed by atoms with Gasteiger partial charge < -0.3 is 14.4 Å². The maximum absolute atomic E-state index is 13.5. The maximum atomic E-state index is 13.5. The highest BCUT2D eigenvalue weighted by atomic mass is 35.5. The van der Waals surface area contributed by atoms with Crippen molar-refractivity contribution in [2.24, 2.45) is 5.92 Å². The second-order valence-corrected chi connectivity index (χ2v) is 8.18. The molecule has 2 heterocycles.